The zero-order chi connectivity index (χ0) is 43.6. The lowest BCUT2D eigenvalue weighted by molar-refractivity contribution is 0.0705. The van der Waals surface area contributed by atoms with E-state index in [9.17, 15) is 23.1 Å². The molecular formula is C44H57N9O7S. The summed E-state index contributed by atoms with van der Waals surface area (Å²) in [5.74, 6) is 0.850. The van der Waals surface area contributed by atoms with Crippen LogP contribution in [-0.4, -0.2) is 131 Å². The van der Waals surface area contributed by atoms with Gasteiger partial charge in [0, 0.05) is 69.6 Å². The first-order chi connectivity index (χ1) is 29.5. The molecule has 6 rings (SSSR count). The number of hydroxylamine groups is 1. The Bertz CT molecular complexity index is 2110. The van der Waals surface area contributed by atoms with E-state index >= 15 is 0 Å². The average molecular weight is 856 g/mol. The van der Waals surface area contributed by atoms with Crippen LogP contribution in [0, 0.1) is 11.8 Å². The smallest absolute Gasteiger partial charge is 0.277 e. The van der Waals surface area contributed by atoms with Gasteiger partial charge in [0.1, 0.15) is 6.61 Å². The van der Waals surface area contributed by atoms with Gasteiger partial charge in [-0.05, 0) is 62.1 Å². The number of aliphatic hydroxyl groups excluding tert-OH is 2. The van der Waals surface area contributed by atoms with Gasteiger partial charge in [0.15, 0.2) is 5.78 Å². The van der Waals surface area contributed by atoms with Crippen molar-refractivity contribution in [3.05, 3.63) is 120 Å². The van der Waals surface area contributed by atoms with Crippen molar-refractivity contribution in [2.45, 2.75) is 44.7 Å². The summed E-state index contributed by atoms with van der Waals surface area (Å²) in [6.45, 7) is 5.84. The van der Waals surface area contributed by atoms with Crippen LogP contribution in [0.3, 0.4) is 0 Å². The molecule has 0 bridgehead atoms. The number of carbonyl (C=O) groups excluding carboxylic acids is 2. The Morgan fingerprint density at radius 3 is 1.70 bits per heavy atom. The van der Waals surface area contributed by atoms with E-state index < -0.39 is 22.5 Å². The maximum Gasteiger partial charge on any atom is 0.277 e. The number of amides is 1. The molecule has 0 saturated carbocycles. The maximum absolute atomic E-state index is 12.5. The highest BCUT2D eigenvalue weighted by atomic mass is 32.2. The Morgan fingerprint density at radius 1 is 0.770 bits per heavy atom. The van der Waals surface area contributed by atoms with Gasteiger partial charge in [0.05, 0.1) is 24.0 Å². The fourth-order valence-electron chi connectivity index (χ4n) is 7.11. The minimum atomic E-state index is -3.36. The van der Waals surface area contributed by atoms with Crippen molar-refractivity contribution in [1.29, 1.82) is 0 Å². The highest BCUT2D eigenvalue weighted by Crippen LogP contribution is 2.24. The lowest BCUT2D eigenvalue weighted by Crippen LogP contribution is -2.44. The van der Waals surface area contributed by atoms with Crippen LogP contribution in [0.15, 0.2) is 97.6 Å². The Balaban J connectivity index is 0.000000232. The normalized spacial score (nSPS) is 16.4. The summed E-state index contributed by atoms with van der Waals surface area (Å²) >= 11 is 0. The minimum absolute atomic E-state index is 0.0619. The molecule has 1 amide bonds. The number of benzene rings is 2. The van der Waals surface area contributed by atoms with E-state index in [1.807, 2.05) is 96.8 Å². The number of nitrogens with one attached hydrogen (secondary N) is 2. The minimum Gasteiger partial charge on any atom is -0.394 e. The maximum atomic E-state index is 12.5. The van der Waals surface area contributed by atoms with Gasteiger partial charge >= 0.3 is 0 Å². The summed E-state index contributed by atoms with van der Waals surface area (Å²) < 4.78 is 26.5. The van der Waals surface area contributed by atoms with Crippen LogP contribution < -0.4 is 20.6 Å². The van der Waals surface area contributed by atoms with Crippen molar-refractivity contribution < 1.29 is 33.4 Å². The van der Waals surface area contributed by atoms with Crippen molar-refractivity contribution in [2.75, 3.05) is 68.5 Å². The third-order valence-corrected chi connectivity index (χ3v) is 12.1. The Hall–Kier alpha value is -5.43. The van der Waals surface area contributed by atoms with E-state index in [1.165, 1.54) is 31.0 Å². The Morgan fingerprint density at radius 2 is 1.25 bits per heavy atom. The fraction of sp³-hybridized carbons (Fsp3) is 0.409. The van der Waals surface area contributed by atoms with Crippen LogP contribution in [0.1, 0.15) is 64.4 Å². The van der Waals surface area contributed by atoms with Gasteiger partial charge in [-0.2, -0.15) is 4.31 Å². The van der Waals surface area contributed by atoms with Crippen LogP contribution in [0.5, 0.6) is 0 Å². The zero-order valence-corrected chi connectivity index (χ0v) is 35.5. The summed E-state index contributed by atoms with van der Waals surface area (Å²) in [5.41, 5.74) is 4.20. The summed E-state index contributed by atoms with van der Waals surface area (Å²) in [6, 6.07) is 19.5. The number of Topliss-reactive ketones (excluding diaryl/α,β-unsaturated/α-hetero) is 1. The van der Waals surface area contributed by atoms with E-state index in [0.717, 1.165) is 56.4 Å². The van der Waals surface area contributed by atoms with Crippen LogP contribution in [0.2, 0.25) is 0 Å². The first-order valence-corrected chi connectivity index (χ1v) is 22.3. The molecule has 4 aromatic rings. The predicted molar refractivity (Wildman–Crippen MR) is 235 cm³/mol. The Kier molecular flexibility index (Phi) is 18.0. The predicted octanol–water partition coefficient (Wildman–Crippen LogP) is 3.71. The second-order valence-corrected chi connectivity index (χ2v) is 17.2. The molecule has 2 atom stereocenters. The van der Waals surface area contributed by atoms with Gasteiger partial charge in [-0.1, -0.05) is 85.0 Å². The second kappa shape index (κ2) is 23.5. The molecule has 2 unspecified atom stereocenters. The number of aromatic nitrogens is 4. The van der Waals surface area contributed by atoms with Crippen LogP contribution >= 0.6 is 0 Å². The van der Waals surface area contributed by atoms with Crippen molar-refractivity contribution in [1.82, 2.24) is 35.0 Å². The lowest BCUT2D eigenvalue weighted by Gasteiger charge is -2.35. The van der Waals surface area contributed by atoms with Crippen LogP contribution in [0.4, 0.5) is 11.9 Å². The molecule has 0 aliphatic carbocycles. The highest BCUT2D eigenvalue weighted by molar-refractivity contribution is 7.88. The summed E-state index contributed by atoms with van der Waals surface area (Å²) in [7, 11) is -3.36. The molecule has 4 heterocycles. The fourth-order valence-corrected chi connectivity index (χ4v) is 8.27. The number of anilines is 2. The van der Waals surface area contributed by atoms with E-state index in [1.54, 1.807) is 9.79 Å². The van der Waals surface area contributed by atoms with E-state index in [-0.39, 0.29) is 36.0 Å². The highest BCUT2D eigenvalue weighted by Gasteiger charge is 2.29. The third kappa shape index (κ3) is 14.6. The summed E-state index contributed by atoms with van der Waals surface area (Å²) in [6.07, 6.45) is 18.5. The third-order valence-electron chi connectivity index (χ3n) is 10.8. The largest absolute Gasteiger partial charge is 0.394 e. The molecule has 326 valence electrons. The Labute approximate surface area is 358 Å². The number of aliphatic hydroxyl groups is 2. The van der Waals surface area contributed by atoms with Gasteiger partial charge in [-0.3, -0.25) is 14.8 Å². The number of sulfonamides is 1. The molecule has 17 heteroatoms. The molecule has 2 saturated heterocycles. The number of hydrogen-bond acceptors (Lipinski definition) is 14. The molecule has 0 radical (unpaired) electrons. The second-order valence-electron chi connectivity index (χ2n) is 15.2. The number of ketones is 1. The monoisotopic (exact) mass is 855 g/mol. The molecule has 2 fully saturated rings. The molecular weight excluding hydrogens is 799 g/mol. The summed E-state index contributed by atoms with van der Waals surface area (Å²) in [4.78, 5) is 43.9. The number of nitrogens with zero attached hydrogens (tertiary/aromatic N) is 7. The quantitative estimate of drug-likeness (QED) is 0.0582. The first-order valence-electron chi connectivity index (χ1n) is 20.5. The van der Waals surface area contributed by atoms with Gasteiger partial charge in [0.25, 0.3) is 5.91 Å². The standard InChI is InChI=1S/C22H29N5O4S.C22H28N4O3/c1-17(8-9-18-6-4-3-5-7-18)27(32(2,30)31)16-19-10-12-26(13-11-19)22-23-14-20(15-24-22)21(28)25-29;27-15-20(7-6-17-4-2-1-3-5-17)23-12-18-8-10-26(11-9-18)22-24-13-19(14-25-22)21(29)16-28/h3-9,14-15,17,19,29H,10-13,16H2,1-2H3,(H,25,28);1-7,13-14,18,20,23,27-28H,8-12,15-16H2/b9-8+;7-6+. The molecule has 5 N–H and O–H groups in total. The number of rotatable bonds is 17. The number of hydrogen-bond donors (Lipinski definition) is 5. The zero-order valence-electron chi connectivity index (χ0n) is 34.7. The van der Waals surface area contributed by atoms with E-state index in [4.69, 9.17) is 10.3 Å². The van der Waals surface area contributed by atoms with Gasteiger partial charge in [0.2, 0.25) is 21.9 Å². The van der Waals surface area contributed by atoms with Crippen molar-refractivity contribution in [2.24, 2.45) is 11.8 Å². The van der Waals surface area contributed by atoms with Crippen molar-refractivity contribution >= 4 is 45.8 Å². The topological polar surface area (TPSA) is 214 Å². The molecule has 2 aromatic heterocycles. The average Bonchev–Trinajstić information content (AvgIpc) is 3.30. The number of carbonyl (C=O) groups is 2. The molecule has 16 nitrogen and oxygen atoms in total. The van der Waals surface area contributed by atoms with Gasteiger partial charge in [-0.15, -0.1) is 0 Å². The van der Waals surface area contributed by atoms with Gasteiger partial charge in [-0.25, -0.2) is 33.8 Å². The van der Waals surface area contributed by atoms with E-state index in [2.05, 4.69) is 30.2 Å². The van der Waals surface area contributed by atoms with Crippen molar-refractivity contribution in [3.63, 3.8) is 0 Å². The molecule has 61 heavy (non-hydrogen) atoms. The molecule has 2 aliphatic rings. The first kappa shape index (κ1) is 46.6. The van der Waals surface area contributed by atoms with Gasteiger partial charge < -0.3 is 25.3 Å². The van der Waals surface area contributed by atoms with E-state index in [0.29, 0.717) is 43.0 Å². The van der Waals surface area contributed by atoms with Crippen LogP contribution in [-0.2, 0) is 10.0 Å². The molecule has 0 spiro atoms. The summed E-state index contributed by atoms with van der Waals surface area (Å²) in [5, 5.41) is 30.6. The lowest BCUT2D eigenvalue weighted by atomic mass is 9.96. The molecule has 2 aromatic carbocycles. The van der Waals surface area contributed by atoms with Crippen LogP contribution in [0.25, 0.3) is 12.2 Å². The SMILES string of the molecule is CC(/C=C/c1ccccc1)N(CC1CCN(c2ncc(C(=O)NO)cn2)CC1)S(C)(=O)=O.O=C(CO)c1cnc(N2CCC(CNC(/C=C/c3ccccc3)CO)CC2)nc1. The number of piperidine rings is 2. The molecule has 2 aliphatic heterocycles. The van der Waals surface area contributed by atoms with Crippen molar-refractivity contribution in [3.8, 4) is 0 Å².